The summed E-state index contributed by atoms with van der Waals surface area (Å²) < 4.78 is 12.6. The van der Waals surface area contributed by atoms with Crippen molar-refractivity contribution in [3.8, 4) is 11.5 Å². The maximum absolute atomic E-state index is 5.43. The molecule has 27 heavy (non-hydrogen) atoms. The second kappa shape index (κ2) is 13.2. The number of methoxy groups -OCH3 is 2. The maximum atomic E-state index is 5.43. The number of benzene rings is 1. The van der Waals surface area contributed by atoms with E-state index in [2.05, 4.69) is 27.6 Å². The highest BCUT2D eigenvalue weighted by Gasteiger charge is 2.05. The third-order valence-corrected chi connectivity index (χ3v) is 3.89. The van der Waals surface area contributed by atoms with Crippen LogP contribution in [0.15, 0.2) is 41.7 Å². The van der Waals surface area contributed by atoms with Crippen molar-refractivity contribution in [1.82, 2.24) is 20.4 Å². The zero-order valence-corrected chi connectivity index (χ0v) is 18.6. The van der Waals surface area contributed by atoms with Crippen LogP contribution in [-0.2, 0) is 13.0 Å². The van der Waals surface area contributed by atoms with Crippen molar-refractivity contribution in [2.75, 3.05) is 33.9 Å². The van der Waals surface area contributed by atoms with Crippen molar-refractivity contribution < 1.29 is 9.47 Å². The molecule has 0 radical (unpaired) electrons. The molecular weight excluding hydrogens is 457 g/mol. The first-order valence-corrected chi connectivity index (χ1v) is 8.97. The molecule has 0 aliphatic heterocycles. The Hall–Kier alpha value is -1.97. The molecule has 0 aliphatic rings. The average molecular weight is 487 g/mol. The van der Waals surface area contributed by atoms with Crippen LogP contribution in [0.4, 0.5) is 0 Å². The minimum absolute atomic E-state index is 0. The van der Waals surface area contributed by atoms with Crippen molar-refractivity contribution in [2.24, 2.45) is 4.99 Å². The molecule has 2 N–H and O–H groups in total. The molecule has 1 aromatic heterocycles. The Morgan fingerprint density at radius 1 is 1.22 bits per heavy atom. The van der Waals surface area contributed by atoms with E-state index in [0.717, 1.165) is 62.0 Å². The summed E-state index contributed by atoms with van der Waals surface area (Å²) in [6.07, 6.45) is 5.52. The van der Waals surface area contributed by atoms with Gasteiger partial charge in [0.05, 0.1) is 14.2 Å². The number of hydrogen-bond donors (Lipinski definition) is 2. The topological polar surface area (TPSA) is 72.7 Å². The Morgan fingerprint density at radius 3 is 2.74 bits per heavy atom. The summed E-state index contributed by atoms with van der Waals surface area (Å²) in [5, 5.41) is 10.8. The molecule has 0 saturated heterocycles. The normalized spacial score (nSPS) is 10.9. The highest BCUT2D eigenvalue weighted by atomic mass is 127. The summed E-state index contributed by atoms with van der Waals surface area (Å²) in [6, 6.07) is 7.78. The smallest absolute Gasteiger partial charge is 0.191 e. The third-order valence-electron chi connectivity index (χ3n) is 3.89. The Kier molecular flexibility index (Phi) is 11.3. The lowest BCUT2D eigenvalue weighted by Gasteiger charge is -2.13. The van der Waals surface area contributed by atoms with Crippen LogP contribution < -0.4 is 20.1 Å². The maximum Gasteiger partial charge on any atom is 0.191 e. The van der Waals surface area contributed by atoms with Crippen LogP contribution in [-0.4, -0.2) is 49.6 Å². The number of halogens is 1. The lowest BCUT2D eigenvalue weighted by atomic mass is 10.1. The van der Waals surface area contributed by atoms with Gasteiger partial charge in [-0.05, 0) is 49.6 Å². The molecular formula is C19H30IN5O2. The number of hydrogen-bond acceptors (Lipinski definition) is 4. The molecule has 0 amide bonds. The van der Waals surface area contributed by atoms with Crippen LogP contribution in [0.2, 0.25) is 0 Å². The lowest BCUT2D eigenvalue weighted by Crippen LogP contribution is -2.38. The minimum atomic E-state index is 0. The van der Waals surface area contributed by atoms with Gasteiger partial charge in [0.15, 0.2) is 5.96 Å². The summed E-state index contributed by atoms with van der Waals surface area (Å²) in [7, 11) is 3.35. The number of aryl methyl sites for hydroxylation is 1. The van der Waals surface area contributed by atoms with Gasteiger partial charge in [-0.1, -0.05) is 0 Å². The van der Waals surface area contributed by atoms with E-state index >= 15 is 0 Å². The summed E-state index contributed by atoms with van der Waals surface area (Å²) in [5.74, 6) is 2.53. The van der Waals surface area contributed by atoms with Crippen LogP contribution in [0, 0.1) is 0 Å². The molecule has 2 rings (SSSR count). The Morgan fingerprint density at radius 2 is 2.07 bits per heavy atom. The molecule has 1 heterocycles. The number of ether oxygens (including phenoxy) is 2. The Labute approximate surface area is 178 Å². The Bertz CT molecular complexity index is 677. The first kappa shape index (κ1) is 23.1. The summed E-state index contributed by atoms with van der Waals surface area (Å²) in [6.45, 7) is 5.27. The quantitative estimate of drug-likeness (QED) is 0.234. The van der Waals surface area contributed by atoms with Crippen LogP contribution in [0.25, 0.3) is 0 Å². The Balaban J connectivity index is 0.00000364. The van der Waals surface area contributed by atoms with Gasteiger partial charge in [-0.2, -0.15) is 5.10 Å². The predicted molar refractivity (Wildman–Crippen MR) is 119 cm³/mol. The van der Waals surface area contributed by atoms with E-state index in [-0.39, 0.29) is 24.0 Å². The van der Waals surface area contributed by atoms with Crippen molar-refractivity contribution in [3.63, 3.8) is 0 Å². The fourth-order valence-electron chi connectivity index (χ4n) is 2.59. The van der Waals surface area contributed by atoms with Crippen LogP contribution >= 0.6 is 24.0 Å². The fourth-order valence-corrected chi connectivity index (χ4v) is 2.59. The number of aromatic nitrogens is 2. The van der Waals surface area contributed by atoms with E-state index in [9.17, 15) is 0 Å². The number of nitrogens with one attached hydrogen (secondary N) is 2. The van der Waals surface area contributed by atoms with E-state index in [1.165, 1.54) is 0 Å². The number of guanidine groups is 1. The van der Waals surface area contributed by atoms with E-state index in [0.29, 0.717) is 0 Å². The van der Waals surface area contributed by atoms with Gasteiger partial charge < -0.3 is 20.1 Å². The molecule has 0 saturated carbocycles. The molecule has 0 spiro atoms. The van der Waals surface area contributed by atoms with Crippen LogP contribution in [0.5, 0.6) is 11.5 Å². The van der Waals surface area contributed by atoms with E-state index < -0.39 is 0 Å². The van der Waals surface area contributed by atoms with E-state index in [4.69, 9.17) is 9.47 Å². The molecule has 0 fully saturated rings. The molecule has 0 aliphatic carbocycles. The van der Waals surface area contributed by atoms with Gasteiger partial charge in [-0.3, -0.25) is 9.67 Å². The van der Waals surface area contributed by atoms with Gasteiger partial charge in [0.2, 0.25) is 0 Å². The van der Waals surface area contributed by atoms with Gasteiger partial charge in [0.25, 0.3) is 0 Å². The van der Waals surface area contributed by atoms with E-state index in [1.54, 1.807) is 20.4 Å². The molecule has 2 aromatic rings. The van der Waals surface area contributed by atoms with Gasteiger partial charge in [0, 0.05) is 38.6 Å². The van der Waals surface area contributed by atoms with Gasteiger partial charge in [-0.15, -0.1) is 24.0 Å². The number of aliphatic imine (C=N–C) groups is 1. The summed E-state index contributed by atoms with van der Waals surface area (Å²) in [5.41, 5.74) is 1.11. The lowest BCUT2D eigenvalue weighted by molar-refractivity contribution is 0.398. The summed E-state index contributed by atoms with van der Waals surface area (Å²) in [4.78, 5) is 4.62. The molecule has 0 unspecified atom stereocenters. The van der Waals surface area contributed by atoms with Gasteiger partial charge in [-0.25, -0.2) is 0 Å². The highest BCUT2D eigenvalue weighted by molar-refractivity contribution is 14.0. The molecule has 150 valence electrons. The molecule has 0 bridgehead atoms. The number of rotatable bonds is 10. The molecule has 8 heteroatoms. The largest absolute Gasteiger partial charge is 0.497 e. The monoisotopic (exact) mass is 487 g/mol. The zero-order valence-electron chi connectivity index (χ0n) is 16.3. The van der Waals surface area contributed by atoms with Crippen molar-refractivity contribution >= 4 is 29.9 Å². The first-order valence-electron chi connectivity index (χ1n) is 8.97. The predicted octanol–water partition coefficient (Wildman–Crippen LogP) is 2.71. The van der Waals surface area contributed by atoms with Crippen molar-refractivity contribution in [3.05, 3.63) is 42.2 Å². The minimum Gasteiger partial charge on any atom is -0.497 e. The average Bonchev–Trinajstić information content (AvgIpc) is 3.18. The standard InChI is InChI=1S/C19H29N5O2.HI/c1-4-20-19(21-10-5-13-24-14-6-11-23-24)22-12-9-16-15-17(25-2)7-8-18(16)26-3;/h6-8,11,14-15H,4-5,9-10,12-13H2,1-3H3,(H2,20,21,22);1H. The number of nitrogens with zero attached hydrogens (tertiary/aromatic N) is 3. The third kappa shape index (κ3) is 8.06. The second-order valence-electron chi connectivity index (χ2n) is 5.74. The molecule has 0 atom stereocenters. The van der Waals surface area contributed by atoms with Crippen molar-refractivity contribution in [2.45, 2.75) is 26.3 Å². The molecule has 7 nitrogen and oxygen atoms in total. The first-order chi connectivity index (χ1) is 12.8. The zero-order chi connectivity index (χ0) is 18.6. The SMILES string of the molecule is CCNC(=NCCCn1cccn1)NCCc1cc(OC)ccc1OC.I. The molecule has 1 aromatic carbocycles. The van der Waals surface area contributed by atoms with Crippen molar-refractivity contribution in [1.29, 1.82) is 0 Å². The highest BCUT2D eigenvalue weighted by Crippen LogP contribution is 2.24. The van der Waals surface area contributed by atoms with E-state index in [1.807, 2.05) is 35.1 Å². The van der Waals surface area contributed by atoms with Gasteiger partial charge >= 0.3 is 0 Å². The van der Waals surface area contributed by atoms with Crippen LogP contribution in [0.1, 0.15) is 18.9 Å². The fraction of sp³-hybridized carbons (Fsp3) is 0.474. The van der Waals surface area contributed by atoms with Gasteiger partial charge in [0.1, 0.15) is 11.5 Å². The summed E-state index contributed by atoms with van der Waals surface area (Å²) >= 11 is 0. The second-order valence-corrected chi connectivity index (χ2v) is 5.74. The van der Waals surface area contributed by atoms with Crippen LogP contribution in [0.3, 0.4) is 0 Å².